The van der Waals surface area contributed by atoms with E-state index in [0.717, 1.165) is 15.5 Å². The summed E-state index contributed by atoms with van der Waals surface area (Å²) in [6.45, 7) is 4.60. The second kappa shape index (κ2) is 7.62. The Morgan fingerprint density at radius 2 is 1.92 bits per heavy atom. The van der Waals surface area contributed by atoms with Crippen LogP contribution in [0.5, 0.6) is 5.06 Å². The first-order valence-corrected chi connectivity index (χ1v) is 10.7. The quantitative estimate of drug-likeness (QED) is 0.837. The van der Waals surface area contributed by atoms with Gasteiger partial charge in [0.25, 0.3) is 5.91 Å². The topological polar surface area (TPSA) is 41.6 Å². The van der Waals surface area contributed by atoms with Crippen molar-refractivity contribution in [3.8, 4) is 5.06 Å². The lowest BCUT2D eigenvalue weighted by atomic mass is 9.79. The van der Waals surface area contributed by atoms with Crippen molar-refractivity contribution in [2.75, 3.05) is 20.2 Å². The number of rotatable bonds is 5. The zero-order chi connectivity index (χ0) is 18.1. The number of ether oxygens (including phenoxy) is 1. The van der Waals surface area contributed by atoms with Gasteiger partial charge in [0.2, 0.25) is 0 Å². The van der Waals surface area contributed by atoms with Crippen molar-refractivity contribution in [1.29, 1.82) is 0 Å². The zero-order valence-electron chi connectivity index (χ0n) is 15.1. The summed E-state index contributed by atoms with van der Waals surface area (Å²) < 4.78 is 6.41. The molecule has 3 aliphatic rings. The van der Waals surface area contributed by atoms with Crippen molar-refractivity contribution in [3.05, 3.63) is 42.0 Å². The second-order valence-corrected chi connectivity index (χ2v) is 9.44. The largest absolute Gasteiger partial charge is 0.487 e. The fourth-order valence-electron chi connectivity index (χ4n) is 4.04. The highest BCUT2D eigenvalue weighted by Crippen LogP contribution is 2.37. The smallest absolute Gasteiger partial charge is 0.251 e. The Kier molecular flexibility index (Phi) is 5.25. The third-order valence-corrected chi connectivity index (χ3v) is 7.75. The maximum atomic E-state index is 12.7. The van der Waals surface area contributed by atoms with Crippen LogP contribution in [0, 0.1) is 5.92 Å². The van der Waals surface area contributed by atoms with Crippen molar-refractivity contribution in [2.45, 2.75) is 41.0 Å². The Morgan fingerprint density at radius 1 is 1.19 bits per heavy atom. The standard InChI is InChI=1S/C20H24N2O2S2/c1-13-19(14-9-11-22(13)12-10-14)21-20(23)15-3-5-16(6-4-15)25-18-8-7-17(24-2)26-18/h3-8,13-14,19H,9-12H2,1-2H3,(H,21,23). The maximum absolute atomic E-state index is 12.7. The normalized spacial score (nSPS) is 27.3. The average molecular weight is 389 g/mol. The molecule has 26 heavy (non-hydrogen) atoms. The fourth-order valence-corrected chi connectivity index (χ4v) is 5.93. The summed E-state index contributed by atoms with van der Waals surface area (Å²) in [7, 11) is 1.68. The molecular formula is C20H24N2O2S2. The van der Waals surface area contributed by atoms with Crippen molar-refractivity contribution >= 4 is 29.0 Å². The molecule has 0 saturated carbocycles. The van der Waals surface area contributed by atoms with Gasteiger partial charge in [0.05, 0.1) is 11.3 Å². The van der Waals surface area contributed by atoms with Crippen LogP contribution in [0.4, 0.5) is 0 Å². The molecule has 6 heteroatoms. The maximum Gasteiger partial charge on any atom is 0.251 e. The van der Waals surface area contributed by atoms with E-state index in [9.17, 15) is 4.79 Å². The van der Waals surface area contributed by atoms with Gasteiger partial charge in [-0.1, -0.05) is 23.1 Å². The highest BCUT2D eigenvalue weighted by Gasteiger charge is 2.40. The molecule has 3 aliphatic heterocycles. The number of piperidine rings is 3. The second-order valence-electron chi connectivity index (χ2n) is 7.02. The number of nitrogens with one attached hydrogen (secondary N) is 1. The fraction of sp³-hybridized carbons (Fsp3) is 0.450. The number of fused-ring (bicyclic) bond motifs is 3. The summed E-state index contributed by atoms with van der Waals surface area (Å²) in [4.78, 5) is 16.3. The van der Waals surface area contributed by atoms with Gasteiger partial charge < -0.3 is 10.1 Å². The third-order valence-electron chi connectivity index (χ3n) is 5.57. The zero-order valence-corrected chi connectivity index (χ0v) is 16.7. The van der Waals surface area contributed by atoms with Crippen LogP contribution in [-0.4, -0.2) is 43.1 Å². The van der Waals surface area contributed by atoms with E-state index in [0.29, 0.717) is 12.0 Å². The molecule has 4 heterocycles. The molecule has 2 atom stereocenters. The molecule has 3 fully saturated rings. The van der Waals surface area contributed by atoms with Gasteiger partial charge in [-0.25, -0.2) is 0 Å². The van der Waals surface area contributed by atoms with Crippen LogP contribution in [0.25, 0.3) is 0 Å². The van der Waals surface area contributed by atoms with Crippen LogP contribution < -0.4 is 10.1 Å². The van der Waals surface area contributed by atoms with E-state index in [-0.39, 0.29) is 11.9 Å². The molecule has 4 nitrogen and oxygen atoms in total. The van der Waals surface area contributed by atoms with Crippen molar-refractivity contribution < 1.29 is 9.53 Å². The molecule has 2 unspecified atom stereocenters. The predicted octanol–water partition coefficient (Wildman–Crippen LogP) is 4.12. The minimum atomic E-state index is 0.0462. The van der Waals surface area contributed by atoms with Crippen LogP contribution in [0.3, 0.4) is 0 Å². The molecule has 3 saturated heterocycles. The molecule has 1 aromatic carbocycles. The van der Waals surface area contributed by atoms with Gasteiger partial charge in [0.1, 0.15) is 0 Å². The summed E-state index contributed by atoms with van der Waals surface area (Å²) >= 11 is 3.32. The lowest BCUT2D eigenvalue weighted by Crippen LogP contribution is -2.62. The molecule has 0 spiro atoms. The Hall–Kier alpha value is -1.50. The number of hydrogen-bond donors (Lipinski definition) is 1. The van der Waals surface area contributed by atoms with E-state index in [1.54, 1.807) is 30.2 Å². The number of benzene rings is 1. The van der Waals surface area contributed by atoms with Crippen molar-refractivity contribution in [1.82, 2.24) is 10.2 Å². The van der Waals surface area contributed by atoms with E-state index in [1.807, 2.05) is 30.3 Å². The van der Waals surface area contributed by atoms with Crippen LogP contribution >= 0.6 is 23.1 Å². The van der Waals surface area contributed by atoms with Gasteiger partial charge in [0, 0.05) is 22.5 Å². The summed E-state index contributed by atoms with van der Waals surface area (Å²) in [6, 6.07) is 12.6. The highest BCUT2D eigenvalue weighted by atomic mass is 32.2. The summed E-state index contributed by atoms with van der Waals surface area (Å²) in [5.41, 5.74) is 0.738. The molecule has 1 aromatic heterocycles. The summed E-state index contributed by atoms with van der Waals surface area (Å²) in [5, 5.41) is 4.21. The molecular weight excluding hydrogens is 364 g/mol. The number of amides is 1. The van der Waals surface area contributed by atoms with Gasteiger partial charge in [-0.15, -0.1) is 0 Å². The first kappa shape index (κ1) is 17.9. The minimum Gasteiger partial charge on any atom is -0.487 e. The van der Waals surface area contributed by atoms with Gasteiger partial charge in [-0.2, -0.15) is 0 Å². The lowest BCUT2D eigenvalue weighted by Gasteiger charge is -2.49. The lowest BCUT2D eigenvalue weighted by molar-refractivity contribution is 0.0217. The van der Waals surface area contributed by atoms with E-state index < -0.39 is 0 Å². The van der Waals surface area contributed by atoms with Crippen LogP contribution in [-0.2, 0) is 0 Å². The molecule has 2 aromatic rings. The van der Waals surface area contributed by atoms with Gasteiger partial charge >= 0.3 is 0 Å². The molecule has 1 amide bonds. The molecule has 0 radical (unpaired) electrons. The number of methoxy groups -OCH3 is 1. The Labute approximate surface area is 162 Å². The summed E-state index contributed by atoms with van der Waals surface area (Å²) in [6.07, 6.45) is 2.41. The Morgan fingerprint density at radius 3 is 2.54 bits per heavy atom. The van der Waals surface area contributed by atoms with Crippen LogP contribution in [0.15, 0.2) is 45.5 Å². The van der Waals surface area contributed by atoms with Crippen LogP contribution in [0.1, 0.15) is 30.1 Å². The Bertz CT molecular complexity index is 764. The number of hydrogen-bond acceptors (Lipinski definition) is 5. The molecule has 2 bridgehead atoms. The average Bonchev–Trinajstić information content (AvgIpc) is 3.13. The van der Waals surface area contributed by atoms with E-state index in [4.69, 9.17) is 4.74 Å². The first-order chi connectivity index (χ1) is 12.6. The number of carbonyl (C=O) groups excluding carboxylic acids is 1. The minimum absolute atomic E-state index is 0.0462. The number of carbonyl (C=O) groups is 1. The van der Waals surface area contributed by atoms with Crippen LogP contribution in [0.2, 0.25) is 0 Å². The molecule has 138 valence electrons. The van der Waals surface area contributed by atoms with E-state index in [2.05, 4.69) is 23.2 Å². The van der Waals surface area contributed by atoms with Gasteiger partial charge in [-0.05, 0) is 75.2 Å². The van der Waals surface area contributed by atoms with Crippen molar-refractivity contribution in [3.63, 3.8) is 0 Å². The first-order valence-electron chi connectivity index (χ1n) is 9.10. The summed E-state index contributed by atoms with van der Waals surface area (Å²) in [5.74, 6) is 0.674. The van der Waals surface area contributed by atoms with E-state index in [1.165, 1.54) is 30.1 Å². The molecule has 1 N–H and O–H groups in total. The number of nitrogens with zero attached hydrogens (tertiary/aromatic N) is 1. The van der Waals surface area contributed by atoms with Gasteiger partial charge in [0.15, 0.2) is 5.06 Å². The molecule has 5 rings (SSSR count). The van der Waals surface area contributed by atoms with Crippen molar-refractivity contribution in [2.24, 2.45) is 5.92 Å². The highest BCUT2D eigenvalue weighted by molar-refractivity contribution is 8.01. The van der Waals surface area contributed by atoms with Gasteiger partial charge in [-0.3, -0.25) is 9.69 Å². The number of thiophene rings is 1. The predicted molar refractivity (Wildman–Crippen MR) is 106 cm³/mol. The molecule has 0 aliphatic carbocycles. The Balaban J connectivity index is 1.39. The SMILES string of the molecule is COc1ccc(Sc2ccc(C(=O)NC3C4CCN(CC4)C3C)cc2)s1. The third kappa shape index (κ3) is 3.63. The van der Waals surface area contributed by atoms with E-state index >= 15 is 0 Å². The monoisotopic (exact) mass is 388 g/mol.